The van der Waals surface area contributed by atoms with Crippen molar-refractivity contribution in [2.45, 2.75) is 44.9 Å². The summed E-state index contributed by atoms with van der Waals surface area (Å²) in [6.07, 6.45) is 7.01. The van der Waals surface area contributed by atoms with Gasteiger partial charge in [-0.25, -0.2) is 4.39 Å². The zero-order valence-corrected chi connectivity index (χ0v) is 12.1. The highest BCUT2D eigenvalue weighted by Crippen LogP contribution is 2.43. The van der Waals surface area contributed by atoms with E-state index in [-0.39, 0.29) is 5.82 Å². The van der Waals surface area contributed by atoms with Crippen LogP contribution < -0.4 is 0 Å². The van der Waals surface area contributed by atoms with Crippen LogP contribution in [0.3, 0.4) is 0 Å². The molecule has 1 aliphatic rings. The number of aromatic nitrogens is 3. The van der Waals surface area contributed by atoms with Gasteiger partial charge in [-0.2, -0.15) is 5.10 Å². The molecule has 1 saturated carbocycles. The molecule has 1 N–H and O–H groups in total. The molecule has 2 heterocycles. The second-order valence-electron chi connectivity index (χ2n) is 5.95. The lowest BCUT2D eigenvalue weighted by molar-refractivity contribution is 0.606. The van der Waals surface area contributed by atoms with Gasteiger partial charge in [-0.05, 0) is 43.4 Å². The van der Waals surface area contributed by atoms with Crippen molar-refractivity contribution >= 4 is 21.8 Å². The van der Waals surface area contributed by atoms with Crippen LogP contribution >= 0.6 is 0 Å². The van der Waals surface area contributed by atoms with Crippen LogP contribution in [0.5, 0.6) is 0 Å². The Morgan fingerprint density at radius 2 is 2.19 bits per heavy atom. The largest absolute Gasteiger partial charge is 0.277 e. The highest BCUT2D eigenvalue weighted by Gasteiger charge is 2.28. The molecule has 2 aromatic heterocycles. The first-order chi connectivity index (χ1) is 10.3. The van der Waals surface area contributed by atoms with Crippen molar-refractivity contribution in [1.29, 1.82) is 0 Å². The third-order valence-electron chi connectivity index (χ3n) is 4.38. The van der Waals surface area contributed by atoms with Crippen molar-refractivity contribution in [3.8, 4) is 0 Å². The first-order valence-corrected chi connectivity index (χ1v) is 7.73. The summed E-state index contributed by atoms with van der Waals surface area (Å²) in [6.45, 7) is 2.12. The van der Waals surface area contributed by atoms with Crippen molar-refractivity contribution in [3.63, 3.8) is 0 Å². The molecule has 0 saturated heterocycles. The minimum absolute atomic E-state index is 0.132. The maximum atomic E-state index is 14.3. The molecule has 0 aliphatic heterocycles. The molecular weight excluding hydrogens is 265 g/mol. The van der Waals surface area contributed by atoms with Gasteiger partial charge in [-0.1, -0.05) is 13.3 Å². The Bertz CT molecular complexity index is 818. The van der Waals surface area contributed by atoms with Crippen LogP contribution in [-0.2, 0) is 6.42 Å². The quantitative estimate of drug-likeness (QED) is 0.767. The lowest BCUT2D eigenvalue weighted by atomic mass is 9.99. The van der Waals surface area contributed by atoms with Gasteiger partial charge in [0, 0.05) is 16.7 Å². The van der Waals surface area contributed by atoms with Gasteiger partial charge in [0.2, 0.25) is 0 Å². The van der Waals surface area contributed by atoms with Crippen molar-refractivity contribution in [2.75, 3.05) is 0 Å². The lowest BCUT2D eigenvalue weighted by Gasteiger charge is -2.10. The predicted molar refractivity (Wildman–Crippen MR) is 81.9 cm³/mol. The Morgan fingerprint density at radius 1 is 1.33 bits per heavy atom. The first-order valence-electron chi connectivity index (χ1n) is 7.73. The van der Waals surface area contributed by atoms with Crippen molar-refractivity contribution in [3.05, 3.63) is 35.4 Å². The van der Waals surface area contributed by atoms with E-state index < -0.39 is 0 Å². The minimum atomic E-state index is -0.132. The molecule has 1 fully saturated rings. The van der Waals surface area contributed by atoms with Gasteiger partial charge >= 0.3 is 0 Å². The number of fused-ring (bicyclic) bond motifs is 3. The van der Waals surface area contributed by atoms with Gasteiger partial charge < -0.3 is 0 Å². The molecule has 0 atom stereocenters. The Morgan fingerprint density at radius 3 is 2.95 bits per heavy atom. The van der Waals surface area contributed by atoms with E-state index in [1.807, 2.05) is 6.20 Å². The molecule has 4 rings (SSSR count). The van der Waals surface area contributed by atoms with Gasteiger partial charge in [0.25, 0.3) is 0 Å². The van der Waals surface area contributed by atoms with Gasteiger partial charge in [-0.3, -0.25) is 10.1 Å². The highest BCUT2D eigenvalue weighted by molar-refractivity contribution is 6.06. The van der Waals surface area contributed by atoms with Crippen LogP contribution in [0.4, 0.5) is 4.39 Å². The van der Waals surface area contributed by atoms with Gasteiger partial charge in [-0.15, -0.1) is 0 Å². The molecule has 3 nitrogen and oxygen atoms in total. The molecule has 21 heavy (non-hydrogen) atoms. The summed E-state index contributed by atoms with van der Waals surface area (Å²) >= 11 is 0. The van der Waals surface area contributed by atoms with Gasteiger partial charge in [0.1, 0.15) is 5.82 Å². The molecule has 0 bridgehead atoms. The van der Waals surface area contributed by atoms with E-state index in [2.05, 4.69) is 17.1 Å². The zero-order chi connectivity index (χ0) is 14.4. The number of rotatable bonds is 4. The van der Waals surface area contributed by atoms with Crippen LogP contribution in [0.25, 0.3) is 21.8 Å². The van der Waals surface area contributed by atoms with Gasteiger partial charge in [0.15, 0.2) is 0 Å². The summed E-state index contributed by atoms with van der Waals surface area (Å²) < 4.78 is 14.3. The normalized spacial score (nSPS) is 15.1. The smallest absolute Gasteiger partial charge is 0.127 e. The Labute approximate surface area is 122 Å². The van der Waals surface area contributed by atoms with E-state index in [0.29, 0.717) is 5.92 Å². The topological polar surface area (TPSA) is 41.6 Å². The summed E-state index contributed by atoms with van der Waals surface area (Å²) in [5, 5.41) is 9.24. The third-order valence-corrected chi connectivity index (χ3v) is 4.38. The van der Waals surface area contributed by atoms with E-state index >= 15 is 0 Å². The number of benzene rings is 1. The van der Waals surface area contributed by atoms with Crippen molar-refractivity contribution < 1.29 is 4.39 Å². The Balaban J connectivity index is 2.04. The highest BCUT2D eigenvalue weighted by atomic mass is 19.1. The minimum Gasteiger partial charge on any atom is -0.277 e. The summed E-state index contributed by atoms with van der Waals surface area (Å²) in [4.78, 5) is 4.82. The fraction of sp³-hybridized carbons (Fsp3) is 0.412. The van der Waals surface area contributed by atoms with Crippen LogP contribution in [0.2, 0.25) is 0 Å². The van der Waals surface area contributed by atoms with Crippen molar-refractivity contribution in [2.24, 2.45) is 0 Å². The van der Waals surface area contributed by atoms with E-state index in [1.165, 1.54) is 12.8 Å². The standard InChI is InChI=1S/C17H18FN3/c1-2-3-4-11-13(18)7-8-14-15(11)17-12(9-19-21-17)16(20-14)10-5-6-10/h7-10H,2-6H2,1H3,(H,19,21). The van der Waals surface area contributed by atoms with E-state index in [4.69, 9.17) is 4.98 Å². The van der Waals surface area contributed by atoms with Gasteiger partial charge in [0.05, 0.1) is 22.9 Å². The molecular formula is C17H18FN3. The molecule has 3 aromatic rings. The summed E-state index contributed by atoms with van der Waals surface area (Å²) in [7, 11) is 0. The number of aryl methyl sites for hydroxylation is 1. The summed E-state index contributed by atoms with van der Waals surface area (Å²) in [5.41, 5.74) is 3.74. The van der Waals surface area contributed by atoms with Crippen molar-refractivity contribution in [1.82, 2.24) is 15.2 Å². The molecule has 0 unspecified atom stereocenters. The second-order valence-corrected chi connectivity index (χ2v) is 5.95. The van der Waals surface area contributed by atoms with Crippen LogP contribution in [0.1, 0.15) is 49.8 Å². The van der Waals surface area contributed by atoms with E-state index in [9.17, 15) is 4.39 Å². The molecule has 0 radical (unpaired) electrons. The van der Waals surface area contributed by atoms with Crippen LogP contribution in [0, 0.1) is 5.82 Å². The molecule has 1 aromatic carbocycles. The predicted octanol–water partition coefficient (Wildman–Crippen LogP) is 4.47. The monoisotopic (exact) mass is 283 g/mol. The maximum Gasteiger partial charge on any atom is 0.127 e. The Kier molecular flexibility index (Phi) is 2.91. The number of pyridine rings is 1. The number of hydrogen-bond donors (Lipinski definition) is 1. The fourth-order valence-electron chi connectivity index (χ4n) is 3.11. The number of H-pyrrole nitrogens is 1. The number of unbranched alkanes of at least 4 members (excludes halogenated alkanes) is 1. The third kappa shape index (κ3) is 2.01. The first kappa shape index (κ1) is 12.7. The SMILES string of the molecule is CCCCc1c(F)ccc2nc(C3CC3)c3cn[nH]c3c12. The molecule has 0 amide bonds. The summed E-state index contributed by atoms with van der Waals surface area (Å²) in [6, 6.07) is 3.35. The average Bonchev–Trinajstić information content (AvgIpc) is 3.22. The average molecular weight is 283 g/mol. The zero-order valence-electron chi connectivity index (χ0n) is 12.1. The second kappa shape index (κ2) is 4.79. The van der Waals surface area contributed by atoms with Crippen LogP contribution in [0.15, 0.2) is 18.3 Å². The van der Waals surface area contributed by atoms with E-state index in [1.54, 1.807) is 12.1 Å². The molecule has 0 spiro atoms. The van der Waals surface area contributed by atoms with E-state index in [0.717, 1.165) is 52.3 Å². The number of nitrogens with zero attached hydrogens (tertiary/aromatic N) is 2. The van der Waals surface area contributed by atoms with Crippen LogP contribution in [-0.4, -0.2) is 15.2 Å². The Hall–Kier alpha value is -1.97. The number of nitrogens with one attached hydrogen (secondary N) is 1. The summed E-state index contributed by atoms with van der Waals surface area (Å²) in [5.74, 6) is 0.423. The molecule has 1 aliphatic carbocycles. The molecule has 108 valence electrons. The fourth-order valence-corrected chi connectivity index (χ4v) is 3.11. The maximum absolute atomic E-state index is 14.3. The number of hydrogen-bond acceptors (Lipinski definition) is 2. The molecule has 4 heteroatoms. The number of aromatic amines is 1. The lowest BCUT2D eigenvalue weighted by Crippen LogP contribution is -1.97. The number of halogens is 1.